The molecule has 2 aromatic carbocycles. The van der Waals surface area contributed by atoms with Crippen LogP contribution < -0.4 is 5.56 Å². The topological polar surface area (TPSA) is 61.4 Å². The summed E-state index contributed by atoms with van der Waals surface area (Å²) in [6.07, 6.45) is 0.731. The van der Waals surface area contributed by atoms with Crippen LogP contribution >= 0.6 is 34.7 Å². The van der Waals surface area contributed by atoms with Crippen molar-refractivity contribution >= 4 is 61.5 Å². The molecule has 5 aromatic rings. The van der Waals surface area contributed by atoms with E-state index in [1.54, 1.807) is 27.7 Å². The van der Waals surface area contributed by atoms with E-state index in [-0.39, 0.29) is 5.56 Å². The van der Waals surface area contributed by atoms with Gasteiger partial charge in [0, 0.05) is 40.5 Å². The lowest BCUT2D eigenvalue weighted by molar-refractivity contribution is 0.141. The summed E-state index contributed by atoms with van der Waals surface area (Å²) < 4.78 is 10.3. The van der Waals surface area contributed by atoms with Gasteiger partial charge in [0.25, 0.3) is 5.56 Å². The summed E-state index contributed by atoms with van der Waals surface area (Å²) in [5.74, 6) is 1.23. The number of hydrogen-bond donors (Lipinski definition) is 0. The fraction of sp³-hybridized carbons (Fsp3) is 0.261. The van der Waals surface area contributed by atoms with Crippen molar-refractivity contribution in [2.45, 2.75) is 30.8 Å². The number of halogens is 1. The third-order valence-electron chi connectivity index (χ3n) is 5.29. The Kier molecular flexibility index (Phi) is 6.19. The zero-order valence-electron chi connectivity index (χ0n) is 17.5. The van der Waals surface area contributed by atoms with Crippen LogP contribution in [-0.2, 0) is 17.0 Å². The zero-order chi connectivity index (χ0) is 22.1. The van der Waals surface area contributed by atoms with E-state index in [0.29, 0.717) is 36.7 Å². The number of para-hydroxylation sites is 1. The fourth-order valence-corrected chi connectivity index (χ4v) is 6.38. The Hall–Kier alpha value is -2.39. The lowest BCUT2D eigenvalue weighted by atomic mass is 10.2. The third kappa shape index (κ3) is 3.81. The molecule has 3 aromatic heterocycles. The predicted molar refractivity (Wildman–Crippen MR) is 132 cm³/mol. The molecule has 32 heavy (non-hydrogen) atoms. The summed E-state index contributed by atoms with van der Waals surface area (Å²) >= 11 is 9.91. The number of nitrogens with zero attached hydrogens (tertiary/aromatic N) is 4. The van der Waals surface area contributed by atoms with Gasteiger partial charge in [0.05, 0.1) is 15.9 Å². The molecule has 0 bridgehead atoms. The SMILES string of the molecule is CCOCCCn1c(=O)c2ccccc2n2c(SCc3sc4ccccc4c3Cl)nnc12. The fourth-order valence-electron chi connectivity index (χ4n) is 3.79. The second kappa shape index (κ2) is 9.23. The van der Waals surface area contributed by atoms with Crippen LogP contribution in [0.3, 0.4) is 0 Å². The van der Waals surface area contributed by atoms with E-state index < -0.39 is 0 Å². The van der Waals surface area contributed by atoms with Gasteiger partial charge in [-0.25, -0.2) is 0 Å². The van der Waals surface area contributed by atoms with Gasteiger partial charge < -0.3 is 4.74 Å². The van der Waals surface area contributed by atoms with Crippen LogP contribution in [-0.4, -0.2) is 32.4 Å². The maximum absolute atomic E-state index is 13.2. The summed E-state index contributed by atoms with van der Waals surface area (Å²) in [5.41, 5.74) is 0.754. The number of thioether (sulfide) groups is 1. The van der Waals surface area contributed by atoms with Crippen LogP contribution in [0.4, 0.5) is 0 Å². The molecule has 0 unspecified atom stereocenters. The number of rotatable bonds is 8. The first kappa shape index (κ1) is 21.5. The standard InChI is InChI=1S/C23H21ClN4O2S2/c1-2-30-13-7-12-27-21(29)15-8-3-5-10-17(15)28-22(27)25-26-23(28)31-14-19-20(24)16-9-4-6-11-18(16)32-19/h3-6,8-11H,2,7,12-14H2,1H3. The van der Waals surface area contributed by atoms with Crippen LogP contribution in [0.2, 0.25) is 5.02 Å². The second-order valence-corrected chi connectivity index (χ2v) is 9.72. The van der Waals surface area contributed by atoms with E-state index in [0.717, 1.165) is 32.4 Å². The van der Waals surface area contributed by atoms with Gasteiger partial charge >= 0.3 is 0 Å². The first-order valence-electron chi connectivity index (χ1n) is 10.4. The Morgan fingerprint density at radius 2 is 1.88 bits per heavy atom. The molecule has 0 aliphatic heterocycles. The Morgan fingerprint density at radius 1 is 1.09 bits per heavy atom. The monoisotopic (exact) mass is 484 g/mol. The average molecular weight is 485 g/mol. The smallest absolute Gasteiger partial charge is 0.262 e. The van der Waals surface area contributed by atoms with Gasteiger partial charge in [0.1, 0.15) is 0 Å². The van der Waals surface area contributed by atoms with Crippen LogP contribution in [0.25, 0.3) is 26.8 Å². The number of thiophene rings is 1. The minimum atomic E-state index is -0.0545. The summed E-state index contributed by atoms with van der Waals surface area (Å²) in [6, 6.07) is 15.8. The third-order valence-corrected chi connectivity index (χ3v) is 8.14. The number of fused-ring (bicyclic) bond motifs is 4. The lowest BCUT2D eigenvalue weighted by Gasteiger charge is -2.11. The molecule has 5 rings (SSSR count). The highest BCUT2D eigenvalue weighted by molar-refractivity contribution is 7.98. The summed E-state index contributed by atoms with van der Waals surface area (Å²) in [4.78, 5) is 14.3. The lowest BCUT2D eigenvalue weighted by Crippen LogP contribution is -2.24. The van der Waals surface area contributed by atoms with Gasteiger partial charge in [0.2, 0.25) is 5.78 Å². The molecule has 0 aliphatic rings. The molecule has 0 fully saturated rings. The van der Waals surface area contributed by atoms with Crippen molar-refractivity contribution in [3.05, 3.63) is 68.8 Å². The molecule has 0 radical (unpaired) electrons. The number of benzene rings is 2. The van der Waals surface area contributed by atoms with Crippen molar-refractivity contribution in [3.8, 4) is 0 Å². The molecule has 0 saturated heterocycles. The molecule has 0 aliphatic carbocycles. The molecule has 0 atom stereocenters. The maximum Gasteiger partial charge on any atom is 0.262 e. The molecule has 0 saturated carbocycles. The Morgan fingerprint density at radius 3 is 2.69 bits per heavy atom. The summed E-state index contributed by atoms with van der Waals surface area (Å²) in [7, 11) is 0. The van der Waals surface area contributed by atoms with Crippen LogP contribution in [0.15, 0.2) is 58.5 Å². The normalized spacial score (nSPS) is 11.8. The van der Waals surface area contributed by atoms with Crippen LogP contribution in [0.5, 0.6) is 0 Å². The van der Waals surface area contributed by atoms with Gasteiger partial charge in [-0.2, -0.15) is 0 Å². The zero-order valence-corrected chi connectivity index (χ0v) is 19.8. The highest BCUT2D eigenvalue weighted by atomic mass is 35.5. The van der Waals surface area contributed by atoms with Crippen LogP contribution in [0, 0.1) is 0 Å². The van der Waals surface area contributed by atoms with Gasteiger partial charge in [-0.05, 0) is 31.5 Å². The van der Waals surface area contributed by atoms with Crippen molar-refractivity contribution in [2.75, 3.05) is 13.2 Å². The highest BCUT2D eigenvalue weighted by Gasteiger charge is 2.18. The van der Waals surface area contributed by atoms with Crippen molar-refractivity contribution < 1.29 is 4.74 Å². The maximum atomic E-state index is 13.2. The molecule has 6 nitrogen and oxygen atoms in total. The average Bonchev–Trinajstić information content (AvgIpc) is 3.38. The molecule has 0 spiro atoms. The van der Waals surface area contributed by atoms with Crippen molar-refractivity contribution in [1.29, 1.82) is 0 Å². The quantitative estimate of drug-likeness (QED) is 0.211. The van der Waals surface area contributed by atoms with Crippen LogP contribution in [0.1, 0.15) is 18.2 Å². The molecule has 3 heterocycles. The first-order valence-corrected chi connectivity index (χ1v) is 12.6. The van der Waals surface area contributed by atoms with Gasteiger partial charge in [0.15, 0.2) is 5.16 Å². The Bertz CT molecular complexity index is 1470. The molecule has 164 valence electrons. The second-order valence-electron chi connectivity index (χ2n) is 7.27. The van der Waals surface area contributed by atoms with Crippen molar-refractivity contribution in [2.24, 2.45) is 0 Å². The summed E-state index contributed by atoms with van der Waals surface area (Å²) in [5, 5.41) is 12.1. The summed E-state index contributed by atoms with van der Waals surface area (Å²) in [6.45, 7) is 3.75. The molecular weight excluding hydrogens is 464 g/mol. The number of aromatic nitrogens is 4. The Balaban J connectivity index is 1.54. The van der Waals surface area contributed by atoms with E-state index in [1.807, 2.05) is 53.8 Å². The molecule has 9 heteroatoms. The number of hydrogen-bond acceptors (Lipinski definition) is 6. The number of ether oxygens (including phenoxy) is 1. The molecule has 0 amide bonds. The van der Waals surface area contributed by atoms with E-state index in [9.17, 15) is 4.79 Å². The van der Waals surface area contributed by atoms with E-state index in [4.69, 9.17) is 16.3 Å². The highest BCUT2D eigenvalue weighted by Crippen LogP contribution is 2.38. The molecule has 0 N–H and O–H groups in total. The minimum absolute atomic E-state index is 0.0545. The molecular formula is C23H21ClN4O2S2. The van der Waals surface area contributed by atoms with E-state index >= 15 is 0 Å². The van der Waals surface area contributed by atoms with Gasteiger partial charge in [-0.1, -0.05) is 53.7 Å². The number of aryl methyl sites for hydroxylation is 1. The van der Waals surface area contributed by atoms with Crippen molar-refractivity contribution in [3.63, 3.8) is 0 Å². The predicted octanol–water partition coefficient (Wildman–Crippen LogP) is 5.63. The van der Waals surface area contributed by atoms with E-state index in [1.165, 1.54) is 4.70 Å². The van der Waals surface area contributed by atoms with Gasteiger partial charge in [-0.3, -0.25) is 13.8 Å². The first-order chi connectivity index (χ1) is 15.7. The van der Waals surface area contributed by atoms with Crippen molar-refractivity contribution in [1.82, 2.24) is 19.2 Å². The minimum Gasteiger partial charge on any atom is -0.382 e. The van der Waals surface area contributed by atoms with E-state index in [2.05, 4.69) is 16.3 Å². The Labute approximate surface area is 197 Å². The van der Waals surface area contributed by atoms with Gasteiger partial charge in [-0.15, -0.1) is 21.5 Å². The largest absolute Gasteiger partial charge is 0.382 e.